The fraction of sp³-hybridized carbons (Fsp3) is 0.417. The second-order valence-corrected chi connectivity index (χ2v) is 4.26. The van der Waals surface area contributed by atoms with E-state index in [9.17, 15) is 4.79 Å². The number of esters is 1. The number of hydrogen-bond donors (Lipinski definition) is 1. The van der Waals surface area contributed by atoms with E-state index in [1.165, 1.54) is 7.11 Å². The average molecular weight is 207 g/mol. The third-order valence-electron chi connectivity index (χ3n) is 2.51. The van der Waals surface area contributed by atoms with E-state index in [0.29, 0.717) is 6.42 Å². The molecule has 0 bridgehead atoms. The highest BCUT2D eigenvalue weighted by molar-refractivity contribution is 5.71. The van der Waals surface area contributed by atoms with Crippen molar-refractivity contribution in [3.63, 3.8) is 0 Å². The molecule has 0 unspecified atom stereocenters. The quantitative estimate of drug-likeness (QED) is 0.610. The largest absolute Gasteiger partial charge is 0.469 e. The minimum absolute atomic E-state index is 0.197. The molecule has 82 valence electrons. The lowest BCUT2D eigenvalue weighted by Gasteiger charge is -2.23. The first-order valence-electron chi connectivity index (χ1n) is 4.88. The Morgan fingerprint density at radius 1 is 1.33 bits per heavy atom. The van der Waals surface area contributed by atoms with Crippen LogP contribution in [0.25, 0.3) is 0 Å². The van der Waals surface area contributed by atoms with Crippen molar-refractivity contribution in [2.45, 2.75) is 25.7 Å². The first-order chi connectivity index (χ1) is 6.95. The van der Waals surface area contributed by atoms with Crippen LogP contribution in [0.5, 0.6) is 0 Å². The maximum atomic E-state index is 11.2. The molecule has 3 heteroatoms. The molecule has 0 aliphatic rings. The molecule has 0 aliphatic heterocycles. The molecule has 2 N–H and O–H groups in total. The predicted octanol–water partition coefficient (Wildman–Crippen LogP) is 2.11. The molecule has 0 aromatic heterocycles. The van der Waals surface area contributed by atoms with E-state index in [0.717, 1.165) is 11.3 Å². The van der Waals surface area contributed by atoms with Crippen LogP contribution in [0, 0.1) is 0 Å². The van der Waals surface area contributed by atoms with Gasteiger partial charge in [-0.05, 0) is 17.7 Å². The van der Waals surface area contributed by atoms with Crippen LogP contribution in [0.3, 0.4) is 0 Å². The van der Waals surface area contributed by atoms with Crippen molar-refractivity contribution in [2.75, 3.05) is 12.8 Å². The molecule has 15 heavy (non-hydrogen) atoms. The van der Waals surface area contributed by atoms with Crippen molar-refractivity contribution in [3.8, 4) is 0 Å². The van der Waals surface area contributed by atoms with Crippen molar-refractivity contribution in [3.05, 3.63) is 29.8 Å². The topological polar surface area (TPSA) is 52.3 Å². The Labute approximate surface area is 90.2 Å². The number of carbonyl (C=O) groups excluding carboxylic acids is 1. The minimum atomic E-state index is -0.221. The number of ether oxygens (including phenoxy) is 1. The smallest absolute Gasteiger partial charge is 0.306 e. The summed E-state index contributed by atoms with van der Waals surface area (Å²) in [5.41, 5.74) is 7.20. The molecule has 1 aromatic carbocycles. The number of carbonyl (C=O) groups is 1. The van der Waals surface area contributed by atoms with Gasteiger partial charge in [0.1, 0.15) is 0 Å². The number of methoxy groups -OCH3 is 1. The van der Waals surface area contributed by atoms with Crippen LogP contribution in [-0.2, 0) is 14.9 Å². The van der Waals surface area contributed by atoms with E-state index in [4.69, 9.17) is 5.73 Å². The first kappa shape index (κ1) is 11.6. The summed E-state index contributed by atoms with van der Waals surface area (Å²) in [6.07, 6.45) is 0.368. The molecule has 1 rings (SSSR count). The van der Waals surface area contributed by atoms with E-state index in [1.54, 1.807) is 0 Å². The number of benzene rings is 1. The Kier molecular flexibility index (Phi) is 3.35. The summed E-state index contributed by atoms with van der Waals surface area (Å²) in [6, 6.07) is 7.57. The van der Waals surface area contributed by atoms with Gasteiger partial charge in [-0.15, -0.1) is 0 Å². The molecule has 0 saturated heterocycles. The van der Waals surface area contributed by atoms with Crippen LogP contribution < -0.4 is 5.73 Å². The normalized spacial score (nSPS) is 11.1. The highest BCUT2D eigenvalue weighted by atomic mass is 16.5. The summed E-state index contributed by atoms with van der Waals surface area (Å²) in [5, 5.41) is 0. The Hall–Kier alpha value is -1.51. The van der Waals surface area contributed by atoms with Crippen molar-refractivity contribution in [2.24, 2.45) is 0 Å². The molecular weight excluding hydrogens is 190 g/mol. The van der Waals surface area contributed by atoms with Gasteiger partial charge in [-0.3, -0.25) is 4.79 Å². The van der Waals surface area contributed by atoms with Gasteiger partial charge < -0.3 is 10.5 Å². The third kappa shape index (κ3) is 2.98. The Morgan fingerprint density at radius 3 is 2.33 bits per heavy atom. The van der Waals surface area contributed by atoms with Gasteiger partial charge in [-0.1, -0.05) is 26.0 Å². The van der Waals surface area contributed by atoms with Gasteiger partial charge in [0.25, 0.3) is 0 Å². The molecule has 0 saturated carbocycles. The van der Waals surface area contributed by atoms with E-state index in [2.05, 4.69) is 4.74 Å². The first-order valence-corrected chi connectivity index (χ1v) is 4.88. The van der Waals surface area contributed by atoms with Gasteiger partial charge >= 0.3 is 5.97 Å². The van der Waals surface area contributed by atoms with Crippen LogP contribution in [0.4, 0.5) is 5.69 Å². The predicted molar refractivity (Wildman–Crippen MR) is 60.5 cm³/mol. The summed E-state index contributed by atoms with van der Waals surface area (Å²) in [6.45, 7) is 4.02. The summed E-state index contributed by atoms with van der Waals surface area (Å²) in [4.78, 5) is 11.2. The molecule has 1 aromatic rings. The maximum absolute atomic E-state index is 11.2. The van der Waals surface area contributed by atoms with Crippen LogP contribution >= 0.6 is 0 Å². The standard InChI is InChI=1S/C12H17NO2/c1-12(2,8-11(14)15-3)9-4-6-10(13)7-5-9/h4-7H,8,13H2,1-3H3. The highest BCUT2D eigenvalue weighted by Crippen LogP contribution is 2.27. The maximum Gasteiger partial charge on any atom is 0.306 e. The highest BCUT2D eigenvalue weighted by Gasteiger charge is 2.24. The average Bonchev–Trinajstić information content (AvgIpc) is 2.17. The number of nitrogen functional groups attached to an aromatic ring is 1. The second kappa shape index (κ2) is 4.34. The monoisotopic (exact) mass is 207 g/mol. The van der Waals surface area contributed by atoms with Gasteiger partial charge in [0.05, 0.1) is 13.5 Å². The van der Waals surface area contributed by atoms with Crippen molar-refractivity contribution < 1.29 is 9.53 Å². The van der Waals surface area contributed by atoms with Crippen LogP contribution in [-0.4, -0.2) is 13.1 Å². The Bertz CT molecular complexity index is 341. The Balaban J connectivity index is 2.85. The molecule has 0 fully saturated rings. The molecule has 0 radical (unpaired) electrons. The minimum Gasteiger partial charge on any atom is -0.469 e. The zero-order valence-electron chi connectivity index (χ0n) is 9.41. The van der Waals surface area contributed by atoms with E-state index in [1.807, 2.05) is 38.1 Å². The lowest BCUT2D eigenvalue weighted by molar-refractivity contribution is -0.141. The third-order valence-corrected chi connectivity index (χ3v) is 2.51. The zero-order chi connectivity index (χ0) is 11.5. The fourth-order valence-electron chi connectivity index (χ4n) is 1.47. The lowest BCUT2D eigenvalue weighted by Crippen LogP contribution is -2.22. The number of rotatable bonds is 3. The van der Waals surface area contributed by atoms with Gasteiger partial charge in [0.15, 0.2) is 0 Å². The molecule has 0 atom stereocenters. The fourth-order valence-corrected chi connectivity index (χ4v) is 1.47. The molecule has 0 heterocycles. The Morgan fingerprint density at radius 2 is 1.87 bits per heavy atom. The summed E-state index contributed by atoms with van der Waals surface area (Å²) >= 11 is 0. The summed E-state index contributed by atoms with van der Waals surface area (Å²) in [7, 11) is 1.40. The van der Waals surface area contributed by atoms with Crippen LogP contribution in [0.1, 0.15) is 25.8 Å². The van der Waals surface area contributed by atoms with Gasteiger partial charge in [-0.2, -0.15) is 0 Å². The van der Waals surface area contributed by atoms with Gasteiger partial charge in [0, 0.05) is 11.1 Å². The second-order valence-electron chi connectivity index (χ2n) is 4.26. The summed E-state index contributed by atoms with van der Waals surface area (Å²) in [5.74, 6) is -0.197. The van der Waals surface area contributed by atoms with E-state index >= 15 is 0 Å². The van der Waals surface area contributed by atoms with Gasteiger partial charge in [-0.25, -0.2) is 0 Å². The van der Waals surface area contributed by atoms with Crippen LogP contribution in [0.15, 0.2) is 24.3 Å². The summed E-state index contributed by atoms with van der Waals surface area (Å²) < 4.78 is 4.67. The van der Waals surface area contributed by atoms with Crippen molar-refractivity contribution >= 4 is 11.7 Å². The number of nitrogens with two attached hydrogens (primary N) is 1. The van der Waals surface area contributed by atoms with Gasteiger partial charge in [0.2, 0.25) is 0 Å². The molecule has 0 aliphatic carbocycles. The molecule has 0 amide bonds. The van der Waals surface area contributed by atoms with E-state index in [-0.39, 0.29) is 11.4 Å². The SMILES string of the molecule is COC(=O)CC(C)(C)c1ccc(N)cc1. The van der Waals surface area contributed by atoms with E-state index < -0.39 is 0 Å². The number of anilines is 1. The zero-order valence-corrected chi connectivity index (χ0v) is 9.41. The lowest BCUT2D eigenvalue weighted by atomic mass is 9.81. The van der Waals surface area contributed by atoms with Crippen LogP contribution in [0.2, 0.25) is 0 Å². The number of hydrogen-bond acceptors (Lipinski definition) is 3. The van der Waals surface area contributed by atoms with Crippen molar-refractivity contribution in [1.82, 2.24) is 0 Å². The molecular formula is C12H17NO2. The van der Waals surface area contributed by atoms with Crippen molar-refractivity contribution in [1.29, 1.82) is 0 Å². The molecule has 3 nitrogen and oxygen atoms in total. The molecule has 0 spiro atoms.